The van der Waals surface area contributed by atoms with Gasteiger partial charge in [-0.25, -0.2) is 4.39 Å². The number of hydrogen-bond acceptors (Lipinski definition) is 2. The second-order valence-corrected chi connectivity index (χ2v) is 5.18. The lowest BCUT2D eigenvalue weighted by Crippen LogP contribution is -2.07. The Labute approximate surface area is 122 Å². The zero-order valence-corrected chi connectivity index (χ0v) is 12.1. The highest BCUT2D eigenvalue weighted by atomic mass is 35.5. The fourth-order valence-corrected chi connectivity index (χ4v) is 2.24. The lowest BCUT2D eigenvalue weighted by atomic mass is 10.0. The van der Waals surface area contributed by atoms with E-state index < -0.39 is 11.9 Å². The summed E-state index contributed by atoms with van der Waals surface area (Å²) in [4.78, 5) is 0. The molecule has 0 bridgehead atoms. The molecule has 0 fully saturated rings. The lowest BCUT2D eigenvalue weighted by Gasteiger charge is -2.16. The van der Waals surface area contributed by atoms with E-state index in [0.29, 0.717) is 11.3 Å². The van der Waals surface area contributed by atoms with Gasteiger partial charge in [0.15, 0.2) is 0 Å². The minimum absolute atomic E-state index is 0.0273. The van der Waals surface area contributed by atoms with Crippen LogP contribution in [0.1, 0.15) is 31.1 Å². The van der Waals surface area contributed by atoms with Crippen LogP contribution in [0.25, 0.3) is 0 Å². The second kappa shape index (κ2) is 6.25. The van der Waals surface area contributed by atoms with Gasteiger partial charge in [-0.3, -0.25) is 0 Å². The first-order valence-corrected chi connectivity index (χ1v) is 6.75. The normalized spacial score (nSPS) is 12.5. The molecule has 2 rings (SSSR count). The zero-order valence-electron chi connectivity index (χ0n) is 11.3. The van der Waals surface area contributed by atoms with Gasteiger partial charge in [-0.05, 0) is 43.7 Å². The van der Waals surface area contributed by atoms with Gasteiger partial charge in [0.05, 0.1) is 6.10 Å². The number of hydrogen-bond donors (Lipinski definition) is 1. The quantitative estimate of drug-likeness (QED) is 0.908. The van der Waals surface area contributed by atoms with Gasteiger partial charge in [-0.15, -0.1) is 0 Å². The van der Waals surface area contributed by atoms with Crippen molar-refractivity contribution in [1.29, 1.82) is 0 Å². The highest BCUT2D eigenvalue weighted by Crippen LogP contribution is 2.31. The summed E-state index contributed by atoms with van der Waals surface area (Å²) in [7, 11) is 0. The van der Waals surface area contributed by atoms with Gasteiger partial charge in [-0.1, -0.05) is 29.8 Å². The van der Waals surface area contributed by atoms with Gasteiger partial charge in [-0.2, -0.15) is 0 Å². The van der Waals surface area contributed by atoms with Crippen LogP contribution in [-0.4, -0.2) is 11.2 Å². The molecular weight excluding hydrogens is 279 g/mol. The second-order valence-electron chi connectivity index (χ2n) is 4.78. The molecule has 0 heterocycles. The topological polar surface area (TPSA) is 29.5 Å². The molecule has 0 saturated heterocycles. The molecule has 0 aliphatic rings. The van der Waals surface area contributed by atoms with Crippen LogP contribution in [-0.2, 0) is 0 Å². The van der Waals surface area contributed by atoms with E-state index in [1.54, 1.807) is 30.3 Å². The molecule has 0 saturated carbocycles. The van der Waals surface area contributed by atoms with Gasteiger partial charge in [0, 0.05) is 10.6 Å². The summed E-state index contributed by atoms with van der Waals surface area (Å²) in [6, 6.07) is 11.3. The molecule has 2 nitrogen and oxygen atoms in total. The summed E-state index contributed by atoms with van der Waals surface area (Å²) in [5, 5.41) is 10.5. The van der Waals surface area contributed by atoms with Crippen LogP contribution in [0.4, 0.5) is 4.39 Å². The highest BCUT2D eigenvalue weighted by Gasteiger charge is 2.18. The van der Waals surface area contributed by atoms with Crippen molar-refractivity contribution in [2.75, 3.05) is 0 Å². The number of halogens is 2. The monoisotopic (exact) mass is 294 g/mol. The molecule has 0 aromatic heterocycles. The standard InChI is InChI=1S/C16H16ClFO2/c1-10(2)20-12-6-3-5-11(9-12)16(19)15-13(17)7-4-8-14(15)18/h3-10,16,19H,1-2H3. The molecule has 1 atom stereocenters. The van der Waals surface area contributed by atoms with Crippen molar-refractivity contribution < 1.29 is 14.2 Å². The van der Waals surface area contributed by atoms with Crippen LogP contribution in [0.3, 0.4) is 0 Å². The van der Waals surface area contributed by atoms with Crippen molar-refractivity contribution in [3.05, 3.63) is 64.4 Å². The van der Waals surface area contributed by atoms with Crippen LogP contribution >= 0.6 is 11.6 Å². The number of benzene rings is 2. The number of aliphatic hydroxyl groups is 1. The maximum absolute atomic E-state index is 13.8. The van der Waals surface area contributed by atoms with Gasteiger partial charge in [0.25, 0.3) is 0 Å². The molecule has 0 spiro atoms. The van der Waals surface area contributed by atoms with E-state index in [2.05, 4.69) is 0 Å². The average Bonchev–Trinajstić information content (AvgIpc) is 2.38. The Kier molecular flexibility index (Phi) is 4.63. The number of aliphatic hydroxyl groups excluding tert-OH is 1. The summed E-state index contributed by atoms with van der Waals surface area (Å²) < 4.78 is 19.4. The van der Waals surface area contributed by atoms with Crippen LogP contribution in [0.2, 0.25) is 5.02 Å². The largest absolute Gasteiger partial charge is 0.491 e. The van der Waals surface area contributed by atoms with E-state index in [4.69, 9.17) is 16.3 Å². The fraction of sp³-hybridized carbons (Fsp3) is 0.250. The molecular formula is C16H16ClFO2. The summed E-state index contributed by atoms with van der Waals surface area (Å²) in [5.41, 5.74) is 0.617. The van der Waals surface area contributed by atoms with Gasteiger partial charge in [0.1, 0.15) is 17.7 Å². The molecule has 2 aromatic rings. The smallest absolute Gasteiger partial charge is 0.130 e. The maximum Gasteiger partial charge on any atom is 0.130 e. The molecule has 0 aliphatic heterocycles. The Morgan fingerprint density at radius 2 is 1.85 bits per heavy atom. The molecule has 1 unspecified atom stereocenters. The first-order chi connectivity index (χ1) is 9.49. The Bertz CT molecular complexity index is 579. The van der Waals surface area contributed by atoms with E-state index in [1.807, 2.05) is 13.8 Å². The van der Waals surface area contributed by atoms with Crippen LogP contribution in [0, 0.1) is 5.82 Å². The minimum Gasteiger partial charge on any atom is -0.491 e. The van der Waals surface area contributed by atoms with Crippen LogP contribution in [0.15, 0.2) is 42.5 Å². The van der Waals surface area contributed by atoms with E-state index in [1.165, 1.54) is 12.1 Å². The average molecular weight is 295 g/mol. The van der Waals surface area contributed by atoms with Gasteiger partial charge in [0.2, 0.25) is 0 Å². The molecule has 1 N–H and O–H groups in total. The lowest BCUT2D eigenvalue weighted by molar-refractivity contribution is 0.212. The first kappa shape index (κ1) is 14.8. The minimum atomic E-state index is -1.13. The van der Waals surface area contributed by atoms with Crippen LogP contribution in [0.5, 0.6) is 5.75 Å². The van der Waals surface area contributed by atoms with E-state index in [0.717, 1.165) is 0 Å². The predicted molar refractivity (Wildman–Crippen MR) is 77.7 cm³/mol. The van der Waals surface area contributed by atoms with Gasteiger partial charge >= 0.3 is 0 Å². The molecule has 0 aliphatic carbocycles. The Morgan fingerprint density at radius 1 is 1.15 bits per heavy atom. The highest BCUT2D eigenvalue weighted by molar-refractivity contribution is 6.31. The van der Waals surface area contributed by atoms with Crippen molar-refractivity contribution >= 4 is 11.6 Å². The van der Waals surface area contributed by atoms with Crippen molar-refractivity contribution in [1.82, 2.24) is 0 Å². The van der Waals surface area contributed by atoms with E-state index >= 15 is 0 Å². The number of ether oxygens (including phenoxy) is 1. The predicted octanol–water partition coefficient (Wildman–Crippen LogP) is 4.35. The molecule has 106 valence electrons. The Morgan fingerprint density at radius 3 is 2.50 bits per heavy atom. The van der Waals surface area contributed by atoms with Crippen LogP contribution < -0.4 is 4.74 Å². The van der Waals surface area contributed by atoms with Crippen molar-refractivity contribution in [2.45, 2.75) is 26.1 Å². The molecule has 20 heavy (non-hydrogen) atoms. The molecule has 2 aromatic carbocycles. The van der Waals surface area contributed by atoms with Crippen molar-refractivity contribution in [3.63, 3.8) is 0 Å². The maximum atomic E-state index is 13.8. The van der Waals surface area contributed by atoms with E-state index in [9.17, 15) is 9.50 Å². The molecule has 4 heteroatoms. The van der Waals surface area contributed by atoms with Crippen molar-refractivity contribution in [2.24, 2.45) is 0 Å². The summed E-state index contributed by atoms with van der Waals surface area (Å²) >= 11 is 5.97. The summed E-state index contributed by atoms with van der Waals surface area (Å²) in [6.07, 6.45) is -1.10. The third kappa shape index (κ3) is 3.30. The first-order valence-electron chi connectivity index (χ1n) is 6.37. The zero-order chi connectivity index (χ0) is 14.7. The summed E-state index contributed by atoms with van der Waals surface area (Å²) in [6.45, 7) is 3.83. The van der Waals surface area contributed by atoms with E-state index in [-0.39, 0.29) is 16.7 Å². The summed E-state index contributed by atoms with van der Waals surface area (Å²) in [5.74, 6) is 0.101. The molecule has 0 radical (unpaired) electrons. The Hall–Kier alpha value is -1.58. The third-order valence-corrected chi connectivity index (χ3v) is 3.15. The fourth-order valence-electron chi connectivity index (χ4n) is 1.97. The van der Waals surface area contributed by atoms with Gasteiger partial charge < -0.3 is 9.84 Å². The SMILES string of the molecule is CC(C)Oc1cccc(C(O)c2c(F)cccc2Cl)c1. The molecule has 0 amide bonds. The number of rotatable bonds is 4. The third-order valence-electron chi connectivity index (χ3n) is 2.82. The van der Waals surface area contributed by atoms with Crippen molar-refractivity contribution in [3.8, 4) is 5.75 Å². The Balaban J connectivity index is 2.36.